The van der Waals surface area contributed by atoms with Gasteiger partial charge in [0, 0.05) is 18.3 Å². The number of rotatable bonds is 5. The molecule has 0 spiro atoms. The SMILES string of the molecule is O=C(O)c1cccc(CNCC2CCCCS2)c1. The Balaban J connectivity index is 1.78. The van der Waals surface area contributed by atoms with Gasteiger partial charge in [0.1, 0.15) is 0 Å². The van der Waals surface area contributed by atoms with Crippen LogP contribution in [0.15, 0.2) is 24.3 Å². The molecule has 3 nitrogen and oxygen atoms in total. The van der Waals surface area contributed by atoms with E-state index < -0.39 is 5.97 Å². The van der Waals surface area contributed by atoms with Crippen molar-refractivity contribution in [2.45, 2.75) is 31.1 Å². The van der Waals surface area contributed by atoms with Crippen molar-refractivity contribution in [2.75, 3.05) is 12.3 Å². The largest absolute Gasteiger partial charge is 0.478 e. The zero-order valence-corrected chi connectivity index (χ0v) is 11.2. The van der Waals surface area contributed by atoms with Gasteiger partial charge in [0.05, 0.1) is 5.56 Å². The summed E-state index contributed by atoms with van der Waals surface area (Å²) in [4.78, 5) is 10.9. The minimum Gasteiger partial charge on any atom is -0.478 e. The average Bonchev–Trinajstić information content (AvgIpc) is 2.40. The van der Waals surface area contributed by atoms with E-state index in [1.54, 1.807) is 18.2 Å². The number of carboxylic acids is 1. The fourth-order valence-electron chi connectivity index (χ4n) is 2.16. The molecule has 1 unspecified atom stereocenters. The minimum absolute atomic E-state index is 0.362. The summed E-state index contributed by atoms with van der Waals surface area (Å²) in [5, 5.41) is 13.1. The Hall–Kier alpha value is -1.00. The molecule has 0 aliphatic carbocycles. The highest BCUT2D eigenvalue weighted by Gasteiger charge is 2.13. The Bertz CT molecular complexity index is 403. The van der Waals surface area contributed by atoms with Gasteiger partial charge < -0.3 is 10.4 Å². The van der Waals surface area contributed by atoms with Crippen LogP contribution in [0, 0.1) is 0 Å². The van der Waals surface area contributed by atoms with Crippen molar-refractivity contribution in [3.8, 4) is 0 Å². The molecule has 1 heterocycles. The monoisotopic (exact) mass is 265 g/mol. The molecule has 1 aliphatic heterocycles. The molecule has 4 heteroatoms. The summed E-state index contributed by atoms with van der Waals surface area (Å²) in [6, 6.07) is 7.13. The smallest absolute Gasteiger partial charge is 0.335 e. The zero-order valence-electron chi connectivity index (χ0n) is 10.4. The molecule has 0 saturated carbocycles. The lowest BCUT2D eigenvalue weighted by Crippen LogP contribution is -2.26. The molecule has 0 radical (unpaired) electrons. The minimum atomic E-state index is -0.861. The lowest BCUT2D eigenvalue weighted by atomic mass is 10.1. The molecule has 0 aromatic heterocycles. The lowest BCUT2D eigenvalue weighted by Gasteiger charge is -2.21. The Morgan fingerprint density at radius 2 is 2.33 bits per heavy atom. The second kappa shape index (κ2) is 6.81. The first-order chi connectivity index (χ1) is 8.75. The Labute approximate surface area is 112 Å². The normalized spacial score (nSPS) is 19.7. The summed E-state index contributed by atoms with van der Waals surface area (Å²) in [6.07, 6.45) is 3.99. The van der Waals surface area contributed by atoms with E-state index in [4.69, 9.17) is 5.11 Å². The van der Waals surface area contributed by atoms with Crippen molar-refractivity contribution >= 4 is 17.7 Å². The van der Waals surface area contributed by atoms with Gasteiger partial charge in [0.25, 0.3) is 0 Å². The van der Waals surface area contributed by atoms with Gasteiger partial charge in [-0.05, 0) is 36.3 Å². The molecule has 0 amide bonds. The number of carboxylic acid groups (broad SMARTS) is 1. The van der Waals surface area contributed by atoms with Crippen LogP contribution in [-0.4, -0.2) is 28.6 Å². The van der Waals surface area contributed by atoms with E-state index in [-0.39, 0.29) is 0 Å². The predicted molar refractivity (Wildman–Crippen MR) is 75.2 cm³/mol. The summed E-state index contributed by atoms with van der Waals surface area (Å²) in [7, 11) is 0. The molecule has 1 aliphatic rings. The summed E-state index contributed by atoms with van der Waals surface area (Å²) in [5.41, 5.74) is 1.40. The molecule has 0 bridgehead atoms. The summed E-state index contributed by atoms with van der Waals surface area (Å²) in [5.74, 6) is 0.417. The standard InChI is InChI=1S/C14H19NO2S/c16-14(17)12-5-3-4-11(8-12)9-15-10-13-6-1-2-7-18-13/h3-5,8,13,15H,1-2,6-7,9-10H2,(H,16,17). The number of benzene rings is 1. The van der Waals surface area contributed by atoms with E-state index in [1.807, 2.05) is 17.8 Å². The summed E-state index contributed by atoms with van der Waals surface area (Å²) < 4.78 is 0. The first-order valence-electron chi connectivity index (χ1n) is 6.40. The number of thioether (sulfide) groups is 1. The second-order valence-electron chi connectivity index (χ2n) is 4.63. The van der Waals surface area contributed by atoms with Gasteiger partial charge in [0.2, 0.25) is 0 Å². The third-order valence-electron chi connectivity index (χ3n) is 3.15. The van der Waals surface area contributed by atoms with Crippen LogP contribution in [0.1, 0.15) is 35.2 Å². The van der Waals surface area contributed by atoms with E-state index in [0.29, 0.717) is 5.56 Å². The van der Waals surface area contributed by atoms with Gasteiger partial charge in [-0.2, -0.15) is 11.8 Å². The van der Waals surface area contributed by atoms with Crippen molar-refractivity contribution in [2.24, 2.45) is 0 Å². The molecular formula is C14H19NO2S. The first kappa shape index (κ1) is 13.4. The molecule has 1 atom stereocenters. The fraction of sp³-hybridized carbons (Fsp3) is 0.500. The second-order valence-corrected chi connectivity index (χ2v) is 6.03. The maximum atomic E-state index is 10.9. The quantitative estimate of drug-likeness (QED) is 0.859. The Morgan fingerprint density at radius 1 is 1.44 bits per heavy atom. The molecule has 2 rings (SSSR count). The number of hydrogen-bond acceptors (Lipinski definition) is 3. The highest BCUT2D eigenvalue weighted by molar-refractivity contribution is 7.99. The van der Waals surface area contributed by atoms with Crippen molar-refractivity contribution in [1.82, 2.24) is 5.32 Å². The summed E-state index contributed by atoms with van der Waals surface area (Å²) >= 11 is 2.05. The third kappa shape index (κ3) is 4.03. The van der Waals surface area contributed by atoms with Crippen LogP contribution in [-0.2, 0) is 6.54 Å². The molecule has 1 aromatic carbocycles. The van der Waals surface area contributed by atoms with E-state index in [0.717, 1.165) is 23.9 Å². The highest BCUT2D eigenvalue weighted by Crippen LogP contribution is 2.24. The molecule has 2 N–H and O–H groups in total. The van der Waals surface area contributed by atoms with Gasteiger partial charge in [0.15, 0.2) is 0 Å². The number of aromatic carboxylic acids is 1. The van der Waals surface area contributed by atoms with Crippen LogP contribution in [0.4, 0.5) is 0 Å². The fourth-order valence-corrected chi connectivity index (χ4v) is 3.43. The third-order valence-corrected chi connectivity index (χ3v) is 4.55. The van der Waals surface area contributed by atoms with Gasteiger partial charge in [-0.15, -0.1) is 0 Å². The average molecular weight is 265 g/mol. The summed E-state index contributed by atoms with van der Waals surface area (Å²) in [6.45, 7) is 1.76. The molecule has 1 fully saturated rings. The molecule has 1 aromatic rings. The van der Waals surface area contributed by atoms with Crippen molar-refractivity contribution in [3.63, 3.8) is 0 Å². The Morgan fingerprint density at radius 3 is 3.06 bits per heavy atom. The van der Waals surface area contributed by atoms with Crippen LogP contribution >= 0.6 is 11.8 Å². The van der Waals surface area contributed by atoms with E-state index >= 15 is 0 Å². The van der Waals surface area contributed by atoms with E-state index in [9.17, 15) is 4.79 Å². The lowest BCUT2D eigenvalue weighted by molar-refractivity contribution is 0.0696. The Kier molecular flexibility index (Phi) is 5.08. The number of nitrogens with one attached hydrogen (secondary N) is 1. The van der Waals surface area contributed by atoms with E-state index in [2.05, 4.69) is 5.32 Å². The van der Waals surface area contributed by atoms with Gasteiger partial charge >= 0.3 is 5.97 Å². The van der Waals surface area contributed by atoms with Crippen molar-refractivity contribution < 1.29 is 9.90 Å². The molecular weight excluding hydrogens is 246 g/mol. The molecule has 1 saturated heterocycles. The van der Waals surface area contributed by atoms with Gasteiger partial charge in [-0.25, -0.2) is 4.79 Å². The van der Waals surface area contributed by atoms with Crippen molar-refractivity contribution in [1.29, 1.82) is 0 Å². The van der Waals surface area contributed by atoms with Crippen molar-refractivity contribution in [3.05, 3.63) is 35.4 Å². The maximum absolute atomic E-state index is 10.9. The van der Waals surface area contributed by atoms with Crippen LogP contribution < -0.4 is 5.32 Å². The zero-order chi connectivity index (χ0) is 12.8. The van der Waals surface area contributed by atoms with Crippen LogP contribution in [0.2, 0.25) is 0 Å². The maximum Gasteiger partial charge on any atom is 0.335 e. The van der Waals surface area contributed by atoms with Crippen LogP contribution in [0.25, 0.3) is 0 Å². The number of carbonyl (C=O) groups is 1. The predicted octanol–water partition coefficient (Wildman–Crippen LogP) is 2.76. The molecule has 98 valence electrons. The highest BCUT2D eigenvalue weighted by atomic mass is 32.2. The number of hydrogen-bond donors (Lipinski definition) is 2. The topological polar surface area (TPSA) is 49.3 Å². The van der Waals surface area contributed by atoms with Gasteiger partial charge in [-0.1, -0.05) is 18.6 Å². The first-order valence-corrected chi connectivity index (χ1v) is 7.45. The molecule has 18 heavy (non-hydrogen) atoms. The van der Waals surface area contributed by atoms with Crippen LogP contribution in [0.5, 0.6) is 0 Å². The van der Waals surface area contributed by atoms with E-state index in [1.165, 1.54) is 25.0 Å². The van der Waals surface area contributed by atoms with Crippen LogP contribution in [0.3, 0.4) is 0 Å². The van der Waals surface area contributed by atoms with Gasteiger partial charge in [-0.3, -0.25) is 0 Å².